The first-order chi connectivity index (χ1) is 9.43. The van der Waals surface area contributed by atoms with Crippen molar-refractivity contribution in [3.05, 3.63) is 0 Å². The second-order valence-corrected chi connectivity index (χ2v) is 9.27. The van der Waals surface area contributed by atoms with Crippen molar-refractivity contribution in [2.45, 2.75) is 115 Å². The van der Waals surface area contributed by atoms with Crippen molar-refractivity contribution in [1.82, 2.24) is 0 Å². The molecule has 1 aliphatic carbocycles. The Balaban J connectivity index is 1.71. The van der Waals surface area contributed by atoms with Gasteiger partial charge in [-0.05, 0) is 0 Å². The van der Waals surface area contributed by atoms with Crippen LogP contribution in [-0.4, -0.2) is 9.52 Å². The maximum absolute atomic E-state index is 2.30. The molecule has 1 rings (SSSR count). The molecule has 0 radical (unpaired) electrons. The summed E-state index contributed by atoms with van der Waals surface area (Å²) in [7, 11) is 0.312. The second kappa shape index (κ2) is 13.2. The summed E-state index contributed by atoms with van der Waals surface area (Å²) in [5.41, 5.74) is 1.24. The standard InChI is InChI=1S/C18H38Si/c1-2-3-4-5-6-7-8-9-10-14-17-19-18-15-12-11-13-16-18/h18H,2-17,19H2,1H3. The van der Waals surface area contributed by atoms with E-state index in [2.05, 4.69) is 6.92 Å². The van der Waals surface area contributed by atoms with Gasteiger partial charge in [0.1, 0.15) is 0 Å². The van der Waals surface area contributed by atoms with Crippen LogP contribution in [0.2, 0.25) is 11.6 Å². The van der Waals surface area contributed by atoms with Crippen molar-refractivity contribution in [2.75, 3.05) is 0 Å². The van der Waals surface area contributed by atoms with E-state index >= 15 is 0 Å². The normalized spacial score (nSPS) is 17.5. The highest BCUT2D eigenvalue weighted by molar-refractivity contribution is 6.37. The van der Waals surface area contributed by atoms with Crippen LogP contribution in [0.5, 0.6) is 0 Å². The van der Waals surface area contributed by atoms with Crippen LogP contribution >= 0.6 is 0 Å². The third-order valence-electron chi connectivity index (χ3n) is 4.94. The van der Waals surface area contributed by atoms with E-state index in [1.165, 1.54) is 69.7 Å². The van der Waals surface area contributed by atoms with Gasteiger partial charge >= 0.3 is 0 Å². The van der Waals surface area contributed by atoms with Crippen molar-refractivity contribution < 1.29 is 0 Å². The summed E-state index contributed by atoms with van der Waals surface area (Å²) in [4.78, 5) is 0. The summed E-state index contributed by atoms with van der Waals surface area (Å²) in [5.74, 6) is 0. The molecule has 1 saturated carbocycles. The van der Waals surface area contributed by atoms with Crippen molar-refractivity contribution in [1.29, 1.82) is 0 Å². The quantitative estimate of drug-likeness (QED) is 0.293. The van der Waals surface area contributed by atoms with Gasteiger partial charge in [0.25, 0.3) is 0 Å². The molecule has 0 aliphatic heterocycles. The van der Waals surface area contributed by atoms with Gasteiger partial charge in [-0.2, -0.15) is 0 Å². The molecule has 0 aromatic heterocycles. The topological polar surface area (TPSA) is 0 Å². The van der Waals surface area contributed by atoms with E-state index in [4.69, 9.17) is 0 Å². The molecule has 0 amide bonds. The minimum absolute atomic E-state index is 0.312. The Hall–Kier alpha value is 0.217. The lowest BCUT2D eigenvalue weighted by molar-refractivity contribution is 0.498. The highest BCUT2D eigenvalue weighted by atomic mass is 28.2. The molecule has 1 aliphatic rings. The Morgan fingerprint density at radius 3 is 1.79 bits per heavy atom. The van der Waals surface area contributed by atoms with Gasteiger partial charge in [-0.15, -0.1) is 0 Å². The van der Waals surface area contributed by atoms with Crippen LogP contribution in [0.1, 0.15) is 103 Å². The molecular formula is C18H38Si. The molecule has 0 heterocycles. The van der Waals surface area contributed by atoms with Crippen molar-refractivity contribution in [2.24, 2.45) is 0 Å². The van der Waals surface area contributed by atoms with Gasteiger partial charge in [0, 0.05) is 9.52 Å². The second-order valence-electron chi connectivity index (χ2n) is 6.83. The minimum Gasteiger partial charge on any atom is -0.0654 e. The molecule has 0 spiro atoms. The third-order valence-corrected chi connectivity index (χ3v) is 7.48. The number of unbranched alkanes of at least 4 members (excludes halogenated alkanes) is 9. The fraction of sp³-hybridized carbons (Fsp3) is 1.00. The van der Waals surface area contributed by atoms with Crippen LogP contribution in [-0.2, 0) is 0 Å². The molecule has 19 heavy (non-hydrogen) atoms. The average molecular weight is 283 g/mol. The Bertz CT molecular complexity index is 173. The Morgan fingerprint density at radius 2 is 1.21 bits per heavy atom. The van der Waals surface area contributed by atoms with Crippen LogP contribution in [0, 0.1) is 0 Å². The number of hydrogen-bond donors (Lipinski definition) is 0. The molecule has 114 valence electrons. The van der Waals surface area contributed by atoms with E-state index < -0.39 is 0 Å². The van der Waals surface area contributed by atoms with Crippen molar-refractivity contribution in [3.8, 4) is 0 Å². The molecule has 0 saturated heterocycles. The van der Waals surface area contributed by atoms with Gasteiger partial charge in [0.2, 0.25) is 0 Å². The molecule has 0 aromatic rings. The number of rotatable bonds is 12. The fourth-order valence-corrected chi connectivity index (χ4v) is 5.95. The van der Waals surface area contributed by atoms with Crippen LogP contribution < -0.4 is 0 Å². The van der Waals surface area contributed by atoms with Gasteiger partial charge < -0.3 is 0 Å². The molecule has 0 unspecified atom stereocenters. The molecule has 0 bridgehead atoms. The van der Waals surface area contributed by atoms with E-state index in [1.807, 2.05) is 0 Å². The van der Waals surface area contributed by atoms with Crippen molar-refractivity contribution in [3.63, 3.8) is 0 Å². The summed E-state index contributed by atoms with van der Waals surface area (Å²) < 4.78 is 0. The van der Waals surface area contributed by atoms with Crippen LogP contribution in [0.15, 0.2) is 0 Å². The Labute approximate surface area is 125 Å². The molecular weight excluding hydrogens is 244 g/mol. The summed E-state index contributed by atoms with van der Waals surface area (Å²) >= 11 is 0. The van der Waals surface area contributed by atoms with E-state index in [0.29, 0.717) is 9.52 Å². The van der Waals surface area contributed by atoms with Crippen LogP contribution in [0.3, 0.4) is 0 Å². The molecule has 0 aromatic carbocycles. The average Bonchev–Trinajstić information content (AvgIpc) is 2.46. The van der Waals surface area contributed by atoms with E-state index in [1.54, 1.807) is 38.1 Å². The summed E-state index contributed by atoms with van der Waals surface area (Å²) in [5, 5.41) is 0. The predicted molar refractivity (Wildman–Crippen MR) is 92.0 cm³/mol. The monoisotopic (exact) mass is 282 g/mol. The molecule has 1 heteroatoms. The zero-order valence-electron chi connectivity index (χ0n) is 13.6. The lowest BCUT2D eigenvalue weighted by atomic mass is 10.0. The molecule has 0 atom stereocenters. The molecule has 0 nitrogen and oxygen atoms in total. The first-order valence-corrected chi connectivity index (χ1v) is 11.2. The van der Waals surface area contributed by atoms with Gasteiger partial charge in [0.05, 0.1) is 0 Å². The summed E-state index contributed by atoms with van der Waals surface area (Å²) in [6.45, 7) is 2.30. The van der Waals surface area contributed by atoms with E-state index in [9.17, 15) is 0 Å². The zero-order valence-corrected chi connectivity index (χ0v) is 15.0. The van der Waals surface area contributed by atoms with Crippen LogP contribution in [0.25, 0.3) is 0 Å². The lowest BCUT2D eigenvalue weighted by Crippen LogP contribution is -2.07. The highest BCUT2D eigenvalue weighted by Gasteiger charge is 2.12. The largest absolute Gasteiger partial charge is 0.0654 e. The highest BCUT2D eigenvalue weighted by Crippen LogP contribution is 2.28. The zero-order chi connectivity index (χ0) is 13.6. The summed E-state index contributed by atoms with van der Waals surface area (Å²) in [6, 6.07) is 1.65. The minimum atomic E-state index is 0.312. The maximum atomic E-state index is 2.30. The Morgan fingerprint density at radius 1 is 0.684 bits per heavy atom. The van der Waals surface area contributed by atoms with Gasteiger partial charge in [-0.1, -0.05) is 115 Å². The summed E-state index contributed by atoms with van der Waals surface area (Å²) in [6.07, 6.45) is 22.8. The van der Waals surface area contributed by atoms with Gasteiger partial charge in [-0.25, -0.2) is 0 Å². The maximum Gasteiger partial charge on any atom is 0.0231 e. The van der Waals surface area contributed by atoms with Crippen molar-refractivity contribution >= 4 is 9.52 Å². The fourth-order valence-electron chi connectivity index (χ4n) is 3.57. The van der Waals surface area contributed by atoms with Gasteiger partial charge in [-0.3, -0.25) is 0 Å². The van der Waals surface area contributed by atoms with Crippen LogP contribution in [0.4, 0.5) is 0 Å². The smallest absolute Gasteiger partial charge is 0.0231 e. The van der Waals surface area contributed by atoms with Gasteiger partial charge in [0.15, 0.2) is 0 Å². The molecule has 0 N–H and O–H groups in total. The molecule has 1 fully saturated rings. The third kappa shape index (κ3) is 10.6. The lowest BCUT2D eigenvalue weighted by Gasteiger charge is -2.20. The SMILES string of the molecule is CCCCCCCCCCCC[SiH2]C1CCCCC1. The van der Waals surface area contributed by atoms with E-state index in [-0.39, 0.29) is 0 Å². The first-order valence-electron chi connectivity index (χ1n) is 9.43. The number of hydrogen-bond acceptors (Lipinski definition) is 0. The van der Waals surface area contributed by atoms with E-state index in [0.717, 1.165) is 0 Å². The first kappa shape index (κ1) is 17.3. The Kier molecular flexibility index (Phi) is 12.0. The predicted octanol–water partition coefficient (Wildman–Crippen LogP) is 6.25.